The second kappa shape index (κ2) is 7.93. The first-order chi connectivity index (χ1) is 8.49. The maximum atomic E-state index is 6.01. The van der Waals surface area contributed by atoms with Crippen LogP contribution in [0.5, 0.6) is 0 Å². The average Bonchev–Trinajstić information content (AvgIpc) is 2.28. The molecule has 1 unspecified atom stereocenters. The largest absolute Gasteiger partial charge is 0.372 e. The molecular weight excluding hydrogens is 290 g/mol. The molecule has 1 aromatic rings. The molecule has 1 aromatic carbocycles. The summed E-state index contributed by atoms with van der Waals surface area (Å²) in [6.07, 6.45) is 0.118. The number of benzene rings is 1. The van der Waals surface area contributed by atoms with Gasteiger partial charge in [0.1, 0.15) is 0 Å². The number of halogens is 1. The Hall–Kier alpha value is -0.380. The topological polar surface area (TPSA) is 21.3 Å². The van der Waals surface area contributed by atoms with E-state index in [1.807, 2.05) is 6.07 Å². The molecular formula is C15H24BrNO. The molecule has 0 spiro atoms. The maximum absolute atomic E-state index is 6.01. The fraction of sp³-hybridized carbons (Fsp3) is 0.600. The van der Waals surface area contributed by atoms with Gasteiger partial charge in [0.2, 0.25) is 0 Å². The molecule has 0 heterocycles. The van der Waals surface area contributed by atoms with Crippen LogP contribution in [-0.2, 0) is 4.74 Å². The summed E-state index contributed by atoms with van der Waals surface area (Å²) >= 11 is 3.51. The van der Waals surface area contributed by atoms with E-state index >= 15 is 0 Å². The van der Waals surface area contributed by atoms with Crippen LogP contribution in [-0.4, -0.2) is 19.2 Å². The second-order valence-electron chi connectivity index (χ2n) is 5.33. The Balaban J connectivity index is 2.69. The van der Waals surface area contributed by atoms with Crippen molar-refractivity contribution < 1.29 is 4.74 Å². The molecule has 0 radical (unpaired) electrons. The molecule has 0 aliphatic carbocycles. The molecule has 2 nitrogen and oxygen atoms in total. The highest BCUT2D eigenvalue weighted by molar-refractivity contribution is 9.10. The Morgan fingerprint density at radius 3 is 2.50 bits per heavy atom. The van der Waals surface area contributed by atoms with Gasteiger partial charge in [0.15, 0.2) is 0 Å². The van der Waals surface area contributed by atoms with Gasteiger partial charge in [-0.15, -0.1) is 0 Å². The van der Waals surface area contributed by atoms with Crippen LogP contribution in [0.25, 0.3) is 0 Å². The molecule has 0 aliphatic rings. The third-order valence-corrected chi connectivity index (χ3v) is 3.06. The van der Waals surface area contributed by atoms with E-state index in [4.69, 9.17) is 4.74 Å². The van der Waals surface area contributed by atoms with Crippen molar-refractivity contribution in [3.63, 3.8) is 0 Å². The van der Waals surface area contributed by atoms with E-state index < -0.39 is 0 Å². The van der Waals surface area contributed by atoms with Crippen LogP contribution in [0, 0.1) is 5.92 Å². The molecule has 0 bridgehead atoms. The SMILES string of the molecule is CC(C)COC(CNC(C)C)c1cccc(Br)c1. The molecule has 0 saturated carbocycles. The summed E-state index contributed by atoms with van der Waals surface area (Å²) in [5.74, 6) is 0.554. The standard InChI is InChI=1S/C15H24BrNO/c1-11(2)10-18-15(9-17-12(3)4)13-6-5-7-14(16)8-13/h5-8,11-12,15,17H,9-10H2,1-4H3. The van der Waals surface area contributed by atoms with Crippen LogP contribution in [0.3, 0.4) is 0 Å². The van der Waals surface area contributed by atoms with E-state index in [2.05, 4.69) is 67.1 Å². The van der Waals surface area contributed by atoms with Crippen molar-refractivity contribution in [1.29, 1.82) is 0 Å². The Labute approximate surface area is 119 Å². The summed E-state index contributed by atoms with van der Waals surface area (Å²) in [6, 6.07) is 8.83. The summed E-state index contributed by atoms with van der Waals surface area (Å²) in [6.45, 7) is 10.3. The molecule has 0 aromatic heterocycles. The van der Waals surface area contributed by atoms with Crippen LogP contribution >= 0.6 is 15.9 Å². The van der Waals surface area contributed by atoms with Crippen molar-refractivity contribution in [1.82, 2.24) is 5.32 Å². The van der Waals surface area contributed by atoms with E-state index in [0.717, 1.165) is 17.6 Å². The van der Waals surface area contributed by atoms with Gasteiger partial charge in [0.05, 0.1) is 6.10 Å². The Morgan fingerprint density at radius 1 is 1.22 bits per heavy atom. The third kappa shape index (κ3) is 5.98. The highest BCUT2D eigenvalue weighted by atomic mass is 79.9. The van der Waals surface area contributed by atoms with Gasteiger partial charge in [-0.1, -0.05) is 55.8 Å². The monoisotopic (exact) mass is 313 g/mol. The molecule has 1 rings (SSSR count). The minimum atomic E-state index is 0.118. The summed E-state index contributed by atoms with van der Waals surface area (Å²) < 4.78 is 7.11. The van der Waals surface area contributed by atoms with Crippen molar-refractivity contribution in [2.45, 2.75) is 39.8 Å². The average molecular weight is 314 g/mol. The first kappa shape index (κ1) is 15.7. The quantitative estimate of drug-likeness (QED) is 0.816. The normalized spacial score (nSPS) is 13.3. The van der Waals surface area contributed by atoms with Crippen LogP contribution in [0.4, 0.5) is 0 Å². The number of ether oxygens (including phenoxy) is 1. The predicted molar refractivity (Wildman–Crippen MR) is 80.8 cm³/mol. The number of hydrogen-bond donors (Lipinski definition) is 1. The zero-order chi connectivity index (χ0) is 13.5. The van der Waals surface area contributed by atoms with Gasteiger partial charge in [0, 0.05) is 23.7 Å². The summed E-state index contributed by atoms with van der Waals surface area (Å²) in [5.41, 5.74) is 1.22. The number of rotatable bonds is 7. The Morgan fingerprint density at radius 2 is 1.94 bits per heavy atom. The Bertz CT molecular complexity index is 340. The Kier molecular flexibility index (Phi) is 6.90. The van der Waals surface area contributed by atoms with Gasteiger partial charge in [-0.3, -0.25) is 0 Å². The molecule has 0 amide bonds. The molecule has 18 heavy (non-hydrogen) atoms. The van der Waals surface area contributed by atoms with Gasteiger partial charge in [-0.05, 0) is 23.6 Å². The third-order valence-electron chi connectivity index (χ3n) is 2.56. The van der Waals surface area contributed by atoms with Gasteiger partial charge >= 0.3 is 0 Å². The first-order valence-electron chi connectivity index (χ1n) is 6.59. The van der Waals surface area contributed by atoms with Crippen LogP contribution in [0.1, 0.15) is 39.4 Å². The van der Waals surface area contributed by atoms with Crippen LogP contribution < -0.4 is 5.32 Å². The second-order valence-corrected chi connectivity index (χ2v) is 6.25. The van der Waals surface area contributed by atoms with Gasteiger partial charge in [-0.2, -0.15) is 0 Å². The van der Waals surface area contributed by atoms with Crippen molar-refractivity contribution in [2.24, 2.45) is 5.92 Å². The molecule has 0 aliphatic heterocycles. The van der Waals surface area contributed by atoms with Gasteiger partial charge < -0.3 is 10.1 Å². The van der Waals surface area contributed by atoms with E-state index in [1.54, 1.807) is 0 Å². The number of hydrogen-bond acceptors (Lipinski definition) is 2. The highest BCUT2D eigenvalue weighted by Crippen LogP contribution is 2.21. The van der Waals surface area contributed by atoms with Crippen molar-refractivity contribution in [3.8, 4) is 0 Å². The smallest absolute Gasteiger partial charge is 0.0949 e. The fourth-order valence-corrected chi connectivity index (χ4v) is 2.05. The van der Waals surface area contributed by atoms with E-state index in [1.165, 1.54) is 5.56 Å². The highest BCUT2D eigenvalue weighted by Gasteiger charge is 2.13. The van der Waals surface area contributed by atoms with Crippen molar-refractivity contribution in [3.05, 3.63) is 34.3 Å². The zero-order valence-electron chi connectivity index (χ0n) is 11.7. The van der Waals surface area contributed by atoms with E-state index in [-0.39, 0.29) is 6.10 Å². The number of nitrogens with one attached hydrogen (secondary N) is 1. The van der Waals surface area contributed by atoms with Crippen molar-refractivity contribution >= 4 is 15.9 Å². The lowest BCUT2D eigenvalue weighted by molar-refractivity contribution is 0.0340. The maximum Gasteiger partial charge on any atom is 0.0949 e. The summed E-state index contributed by atoms with van der Waals surface area (Å²) in [7, 11) is 0. The lowest BCUT2D eigenvalue weighted by atomic mass is 10.1. The minimum Gasteiger partial charge on any atom is -0.372 e. The first-order valence-corrected chi connectivity index (χ1v) is 7.38. The molecule has 1 atom stereocenters. The molecule has 0 saturated heterocycles. The van der Waals surface area contributed by atoms with Gasteiger partial charge in [0.25, 0.3) is 0 Å². The zero-order valence-corrected chi connectivity index (χ0v) is 13.3. The van der Waals surface area contributed by atoms with E-state index in [0.29, 0.717) is 12.0 Å². The van der Waals surface area contributed by atoms with Crippen LogP contribution in [0.2, 0.25) is 0 Å². The molecule has 0 fully saturated rings. The molecule has 3 heteroatoms. The lowest BCUT2D eigenvalue weighted by Gasteiger charge is -2.21. The molecule has 102 valence electrons. The summed E-state index contributed by atoms with van der Waals surface area (Å²) in [5, 5.41) is 3.45. The van der Waals surface area contributed by atoms with E-state index in [9.17, 15) is 0 Å². The lowest BCUT2D eigenvalue weighted by Crippen LogP contribution is -2.29. The van der Waals surface area contributed by atoms with Crippen LogP contribution in [0.15, 0.2) is 28.7 Å². The van der Waals surface area contributed by atoms with Crippen molar-refractivity contribution in [2.75, 3.05) is 13.2 Å². The molecule has 1 N–H and O–H groups in total. The minimum absolute atomic E-state index is 0.118. The summed E-state index contributed by atoms with van der Waals surface area (Å²) in [4.78, 5) is 0. The van der Waals surface area contributed by atoms with Gasteiger partial charge in [-0.25, -0.2) is 0 Å². The predicted octanol–water partition coefficient (Wildman–Crippen LogP) is 4.16. The fourth-order valence-electron chi connectivity index (χ4n) is 1.63.